The summed E-state index contributed by atoms with van der Waals surface area (Å²) >= 11 is 0. The van der Waals surface area contributed by atoms with Crippen molar-refractivity contribution in [3.05, 3.63) is 66.1 Å². The minimum Gasteiger partial charge on any atom is -0.460 e. The molecular formula is C24H23N5O2. The summed E-state index contributed by atoms with van der Waals surface area (Å²) in [6.07, 6.45) is 5.53. The van der Waals surface area contributed by atoms with Crippen molar-refractivity contribution < 1.29 is 9.53 Å². The van der Waals surface area contributed by atoms with Gasteiger partial charge >= 0.3 is 5.97 Å². The summed E-state index contributed by atoms with van der Waals surface area (Å²) in [5, 5.41) is 11.5. The number of benzene rings is 1. The van der Waals surface area contributed by atoms with E-state index < -0.39 is 0 Å². The quantitative estimate of drug-likeness (QED) is 0.482. The molecule has 0 radical (unpaired) electrons. The third kappa shape index (κ3) is 4.04. The van der Waals surface area contributed by atoms with Crippen LogP contribution in [0.2, 0.25) is 0 Å². The molecular weight excluding hydrogens is 390 g/mol. The van der Waals surface area contributed by atoms with Gasteiger partial charge in [-0.15, -0.1) is 0 Å². The summed E-state index contributed by atoms with van der Waals surface area (Å²) in [5.41, 5.74) is 5.82. The molecule has 1 fully saturated rings. The zero-order valence-corrected chi connectivity index (χ0v) is 17.3. The summed E-state index contributed by atoms with van der Waals surface area (Å²) in [6.45, 7) is 3.33. The van der Waals surface area contributed by atoms with Crippen molar-refractivity contribution in [2.75, 3.05) is 13.2 Å². The van der Waals surface area contributed by atoms with Crippen molar-refractivity contribution in [1.82, 2.24) is 25.5 Å². The molecule has 1 aliphatic heterocycles. The summed E-state index contributed by atoms with van der Waals surface area (Å²) in [6, 6.07) is 13.9. The van der Waals surface area contributed by atoms with Gasteiger partial charge < -0.3 is 10.1 Å². The van der Waals surface area contributed by atoms with Crippen LogP contribution >= 0.6 is 0 Å². The molecule has 0 bridgehead atoms. The van der Waals surface area contributed by atoms with E-state index >= 15 is 0 Å². The molecule has 0 amide bonds. The largest absolute Gasteiger partial charge is 0.460 e. The first-order valence-electron chi connectivity index (χ1n) is 10.5. The van der Waals surface area contributed by atoms with E-state index in [0.717, 1.165) is 58.5 Å². The lowest BCUT2D eigenvalue weighted by atomic mass is 10.0. The highest BCUT2D eigenvalue weighted by Crippen LogP contribution is 2.31. The lowest BCUT2D eigenvalue weighted by molar-refractivity contribution is 0.0473. The zero-order valence-electron chi connectivity index (χ0n) is 17.3. The molecule has 4 heterocycles. The van der Waals surface area contributed by atoms with Crippen LogP contribution in [0.15, 0.2) is 54.9 Å². The van der Waals surface area contributed by atoms with Crippen LogP contribution in [0, 0.1) is 6.92 Å². The molecule has 7 nitrogen and oxygen atoms in total. The summed E-state index contributed by atoms with van der Waals surface area (Å²) in [5.74, 6) is -0.346. The lowest BCUT2D eigenvalue weighted by Crippen LogP contribution is -2.28. The molecule has 7 heteroatoms. The van der Waals surface area contributed by atoms with E-state index in [9.17, 15) is 4.79 Å². The number of carbonyl (C=O) groups is 1. The highest BCUT2D eigenvalue weighted by atomic mass is 16.5. The van der Waals surface area contributed by atoms with E-state index in [1.807, 2.05) is 49.4 Å². The first kappa shape index (κ1) is 19.4. The maximum Gasteiger partial charge on any atom is 0.339 e. The van der Waals surface area contributed by atoms with Gasteiger partial charge in [0.1, 0.15) is 6.61 Å². The molecule has 1 aromatic carbocycles. The Morgan fingerprint density at radius 2 is 2.13 bits per heavy atom. The fraction of sp³-hybridized carbons (Fsp3) is 0.250. The molecule has 31 heavy (non-hydrogen) atoms. The number of nitrogens with one attached hydrogen (secondary N) is 2. The predicted molar refractivity (Wildman–Crippen MR) is 119 cm³/mol. The highest BCUT2D eigenvalue weighted by Gasteiger charge is 2.18. The molecule has 0 aliphatic carbocycles. The minimum atomic E-state index is -0.346. The van der Waals surface area contributed by atoms with E-state index in [1.54, 1.807) is 12.4 Å². The number of hydrogen-bond donors (Lipinski definition) is 2. The molecule has 0 unspecified atom stereocenters. The molecule has 5 rings (SSSR count). The molecule has 1 atom stereocenters. The number of nitrogens with zero attached hydrogens (tertiary/aromatic N) is 3. The molecule has 0 spiro atoms. The van der Waals surface area contributed by atoms with Gasteiger partial charge in [-0.25, -0.2) is 4.79 Å². The van der Waals surface area contributed by atoms with Gasteiger partial charge in [0, 0.05) is 28.9 Å². The Hall–Kier alpha value is -3.58. The minimum absolute atomic E-state index is 0.249. The van der Waals surface area contributed by atoms with Gasteiger partial charge in [-0.3, -0.25) is 15.1 Å². The van der Waals surface area contributed by atoms with Crippen molar-refractivity contribution in [2.45, 2.75) is 25.8 Å². The van der Waals surface area contributed by atoms with Gasteiger partial charge in [0.25, 0.3) is 0 Å². The maximum absolute atomic E-state index is 12.5. The smallest absolute Gasteiger partial charge is 0.339 e. The number of aromatic amines is 1. The lowest BCUT2D eigenvalue weighted by Gasteiger charge is -2.11. The number of carbonyl (C=O) groups excluding carboxylic acids is 1. The van der Waals surface area contributed by atoms with Gasteiger partial charge in [-0.2, -0.15) is 5.10 Å². The molecule has 1 saturated heterocycles. The Morgan fingerprint density at radius 3 is 2.97 bits per heavy atom. The Balaban J connectivity index is 1.44. The van der Waals surface area contributed by atoms with Crippen molar-refractivity contribution in [2.24, 2.45) is 0 Å². The number of esters is 1. The van der Waals surface area contributed by atoms with Crippen molar-refractivity contribution in [1.29, 1.82) is 0 Å². The van der Waals surface area contributed by atoms with Crippen LogP contribution in [-0.4, -0.2) is 45.3 Å². The van der Waals surface area contributed by atoms with Gasteiger partial charge in [0.2, 0.25) is 0 Å². The average Bonchev–Trinajstić information content (AvgIpc) is 3.49. The van der Waals surface area contributed by atoms with E-state index in [-0.39, 0.29) is 12.0 Å². The topological polar surface area (TPSA) is 92.8 Å². The molecule has 3 aromatic heterocycles. The number of pyridine rings is 2. The van der Waals surface area contributed by atoms with Crippen molar-refractivity contribution in [3.8, 4) is 22.5 Å². The number of aromatic nitrogens is 4. The second-order valence-corrected chi connectivity index (χ2v) is 7.85. The van der Waals surface area contributed by atoms with Gasteiger partial charge in [0.05, 0.1) is 28.7 Å². The van der Waals surface area contributed by atoms with Crippen LogP contribution in [0.25, 0.3) is 33.4 Å². The number of H-pyrrole nitrogens is 1. The molecule has 156 valence electrons. The number of hydrogen-bond acceptors (Lipinski definition) is 6. The van der Waals surface area contributed by atoms with E-state index in [2.05, 4.69) is 25.5 Å². The first-order chi connectivity index (χ1) is 15.2. The molecule has 4 aromatic rings. The first-order valence-corrected chi connectivity index (χ1v) is 10.5. The predicted octanol–water partition coefficient (Wildman–Crippen LogP) is 3.90. The Kier molecular flexibility index (Phi) is 5.18. The van der Waals surface area contributed by atoms with Crippen LogP contribution in [0.3, 0.4) is 0 Å². The summed E-state index contributed by atoms with van der Waals surface area (Å²) < 4.78 is 5.49. The molecule has 2 N–H and O–H groups in total. The number of aryl methyl sites for hydroxylation is 1. The fourth-order valence-electron chi connectivity index (χ4n) is 3.95. The zero-order chi connectivity index (χ0) is 21.2. The number of ether oxygens (including phenoxy) is 1. The SMILES string of the molecule is Cc1cccc(-c2[nH]ncc2-c2ccc3ncc(C(=O)OC[C@@H]4CCCN4)cc3c2)n1. The van der Waals surface area contributed by atoms with Crippen LogP contribution in [-0.2, 0) is 4.74 Å². The maximum atomic E-state index is 12.5. The number of rotatable bonds is 5. The second kappa shape index (κ2) is 8.28. The molecule has 1 aliphatic rings. The average molecular weight is 413 g/mol. The summed E-state index contributed by atoms with van der Waals surface area (Å²) in [4.78, 5) is 21.6. The second-order valence-electron chi connectivity index (χ2n) is 7.85. The third-order valence-electron chi connectivity index (χ3n) is 5.59. The Labute approximate surface area is 179 Å². The normalized spacial score (nSPS) is 16.0. The summed E-state index contributed by atoms with van der Waals surface area (Å²) in [7, 11) is 0. The monoisotopic (exact) mass is 413 g/mol. The Bertz CT molecular complexity index is 1240. The third-order valence-corrected chi connectivity index (χ3v) is 5.59. The van der Waals surface area contributed by atoms with Crippen LogP contribution < -0.4 is 5.32 Å². The Morgan fingerprint density at radius 1 is 1.19 bits per heavy atom. The van der Waals surface area contributed by atoms with Crippen molar-refractivity contribution in [3.63, 3.8) is 0 Å². The van der Waals surface area contributed by atoms with E-state index in [0.29, 0.717) is 12.2 Å². The molecule has 0 saturated carbocycles. The van der Waals surface area contributed by atoms with Crippen LogP contribution in [0.1, 0.15) is 28.9 Å². The van der Waals surface area contributed by atoms with Crippen LogP contribution in [0.4, 0.5) is 0 Å². The highest BCUT2D eigenvalue weighted by molar-refractivity contribution is 5.95. The van der Waals surface area contributed by atoms with Gasteiger partial charge in [0.15, 0.2) is 0 Å². The van der Waals surface area contributed by atoms with E-state index in [1.165, 1.54) is 0 Å². The van der Waals surface area contributed by atoms with Gasteiger partial charge in [-0.1, -0.05) is 12.1 Å². The fourth-order valence-corrected chi connectivity index (χ4v) is 3.95. The standard InChI is InChI=1S/C24H23N5O2/c1-15-4-2-6-22(28-15)23-20(13-27-29-23)16-7-8-21-17(10-16)11-18(12-26-21)24(30)31-14-19-5-3-9-25-19/h2,4,6-8,10-13,19,25H,3,5,9,14H2,1H3,(H,27,29)/t19-/m0/s1. The van der Waals surface area contributed by atoms with Crippen LogP contribution in [0.5, 0.6) is 0 Å². The number of fused-ring (bicyclic) bond motifs is 1. The van der Waals surface area contributed by atoms with E-state index in [4.69, 9.17) is 4.74 Å². The van der Waals surface area contributed by atoms with Gasteiger partial charge in [-0.05, 0) is 62.2 Å². The van der Waals surface area contributed by atoms with Crippen molar-refractivity contribution >= 4 is 16.9 Å².